The molecule has 12 aliphatic rings. The third kappa shape index (κ3) is 19.5. The van der Waals surface area contributed by atoms with E-state index >= 15 is 0 Å². The third-order valence-electron chi connectivity index (χ3n) is 27.0. The van der Waals surface area contributed by atoms with Crippen LogP contribution >= 0.6 is 0 Å². The molecule has 5 aromatic rings. The van der Waals surface area contributed by atoms with Gasteiger partial charge in [0.05, 0.1) is 0 Å². The van der Waals surface area contributed by atoms with Crippen molar-refractivity contribution < 1.29 is 9.59 Å². The molecule has 6 nitrogen and oxygen atoms in total. The van der Waals surface area contributed by atoms with Crippen LogP contribution in [0.2, 0.25) is 0 Å². The summed E-state index contributed by atoms with van der Waals surface area (Å²) >= 11 is 0. The second-order valence-electron chi connectivity index (χ2n) is 33.1. The smallest absolute Gasteiger partial charge is 0.132 e. The number of piperidine rings is 4. The van der Waals surface area contributed by atoms with E-state index in [0.717, 1.165) is 63.3 Å². The van der Waals surface area contributed by atoms with Crippen LogP contribution in [0.15, 0.2) is 127 Å². The van der Waals surface area contributed by atoms with Crippen molar-refractivity contribution in [3.8, 4) is 0 Å². The summed E-state index contributed by atoms with van der Waals surface area (Å²) < 4.78 is 0. The van der Waals surface area contributed by atoms with Gasteiger partial charge in [0.1, 0.15) is 12.1 Å². The third-order valence-corrected chi connectivity index (χ3v) is 27.0. The average Bonchev–Trinajstić information content (AvgIpc) is 0.879. The molecule has 0 radical (unpaired) electrons. The molecule has 0 atom stereocenters. The molecule has 4 saturated carbocycles. The van der Waals surface area contributed by atoms with Gasteiger partial charge in [-0.25, -0.2) is 0 Å². The van der Waals surface area contributed by atoms with E-state index in [1.165, 1.54) is 296 Å². The summed E-state index contributed by atoms with van der Waals surface area (Å²) in [4.78, 5) is 29.1. The minimum Gasteiger partial charge on any atom is -0.317 e. The first-order valence-corrected chi connectivity index (χ1v) is 41.1. The van der Waals surface area contributed by atoms with Gasteiger partial charge >= 0.3 is 0 Å². The Morgan fingerprint density at radius 1 is 0.351 bits per heavy atom. The zero-order valence-corrected chi connectivity index (χ0v) is 60.9. The molecule has 0 unspecified atom stereocenters. The molecule has 4 heterocycles. The number of carbonyl (C=O) groups is 2. The van der Waals surface area contributed by atoms with E-state index in [-0.39, 0.29) is 0 Å². The van der Waals surface area contributed by atoms with Gasteiger partial charge in [0.25, 0.3) is 0 Å². The summed E-state index contributed by atoms with van der Waals surface area (Å²) in [6.07, 6.45) is 57.4. The maximum absolute atomic E-state index is 10.7. The number of nitrogens with one attached hydrogen (secondary N) is 1. The molecular weight excluding hydrogens is 1180 g/mol. The number of nitrogens with zero attached hydrogens (tertiary/aromatic N) is 3. The SMILES string of the molecule is O=C1CCCCCC1.O=CC1CCCCC1.c1ccc(CN2CCC3(CCCc4ccccc43)CC2)cc1.c1ccc2c(c1)CCCC21CCN(C2CCCCCC2)CC1.c1ccc2c(c1)CCCC21CCN(CC2CCCCC2)CC1.c1ccc2c(c1)CCCC21CCNCC1. The maximum Gasteiger partial charge on any atom is 0.132 e. The van der Waals surface area contributed by atoms with Crippen molar-refractivity contribution >= 4 is 12.1 Å². The van der Waals surface area contributed by atoms with Crippen molar-refractivity contribution in [3.63, 3.8) is 0 Å². The fourth-order valence-electron chi connectivity index (χ4n) is 21.2. The van der Waals surface area contributed by atoms with Gasteiger partial charge < -0.3 is 19.9 Å². The van der Waals surface area contributed by atoms with E-state index in [2.05, 4.69) is 147 Å². The number of aryl methyl sites for hydroxylation is 4. The van der Waals surface area contributed by atoms with Crippen molar-refractivity contribution in [2.24, 2.45) is 11.8 Å². The Morgan fingerprint density at radius 2 is 0.711 bits per heavy atom. The maximum atomic E-state index is 10.7. The lowest BCUT2D eigenvalue weighted by Gasteiger charge is -2.47. The molecule has 4 spiro atoms. The van der Waals surface area contributed by atoms with Gasteiger partial charge in [0.2, 0.25) is 0 Å². The zero-order chi connectivity index (χ0) is 66.3. The number of rotatable bonds is 6. The van der Waals surface area contributed by atoms with Crippen molar-refractivity contribution in [1.82, 2.24) is 20.0 Å². The number of hydrogen-bond donors (Lipinski definition) is 1. The molecule has 4 aliphatic heterocycles. The predicted octanol–water partition coefficient (Wildman–Crippen LogP) is 20.9. The van der Waals surface area contributed by atoms with E-state index in [9.17, 15) is 9.59 Å². The number of carbonyl (C=O) groups excluding carboxylic acids is 2. The second-order valence-corrected chi connectivity index (χ2v) is 33.1. The van der Waals surface area contributed by atoms with Crippen molar-refractivity contribution in [2.45, 2.75) is 304 Å². The minimum absolute atomic E-state index is 0.406. The number of likely N-dealkylation sites (tertiary alicyclic amines) is 3. The minimum atomic E-state index is 0.406. The standard InChI is InChI=1S/C21H31N.C21H25N.C21H31N.C14H19N.2C7H12O/c2*1-2-7-18(8-3-1)17-22-15-13-21(14-16-22)12-6-10-19-9-4-5-11-20(19)21;1-2-4-11-19(10-3-1)22-16-14-21(15-17-22)13-7-9-18-8-5-6-12-20(18)21;1-2-6-13-12(4-1)5-3-7-14(13)8-10-15-11-9-14;8-6-7-4-2-1-3-5-7;8-7-5-3-1-2-4-6-7/h4-5,9,11,18H,1-3,6-8,10,12-17H2;1-5,7-9,11H,6,10,12-17H2;5-6,8,12,19H,1-4,7,9-11,13-17H2;1-2,4,6,15H,3,5,7-11H2;6-7H,1-5H2;1-6H2. The number of benzene rings is 5. The summed E-state index contributed by atoms with van der Waals surface area (Å²) in [5.74, 6) is 1.88. The first kappa shape index (κ1) is 72.1. The molecular formula is C91H130N4O2. The predicted molar refractivity (Wildman–Crippen MR) is 407 cm³/mol. The van der Waals surface area contributed by atoms with Crippen LogP contribution in [0.25, 0.3) is 0 Å². The topological polar surface area (TPSA) is 55.9 Å². The molecule has 8 aliphatic carbocycles. The van der Waals surface area contributed by atoms with Gasteiger partial charge in [0.15, 0.2) is 0 Å². The quantitative estimate of drug-likeness (QED) is 0.135. The lowest BCUT2D eigenvalue weighted by atomic mass is 9.64. The molecule has 1 N–H and O–H groups in total. The number of hydrogen-bond acceptors (Lipinski definition) is 6. The van der Waals surface area contributed by atoms with Crippen LogP contribution < -0.4 is 5.32 Å². The van der Waals surface area contributed by atoms with Crippen LogP contribution in [-0.4, -0.2) is 91.7 Å². The fourth-order valence-corrected chi connectivity index (χ4v) is 21.2. The van der Waals surface area contributed by atoms with Crippen molar-refractivity contribution in [2.75, 3.05) is 58.9 Å². The Hall–Kier alpha value is -4.72. The second kappa shape index (κ2) is 36.8. The molecule has 526 valence electrons. The monoisotopic (exact) mass is 1310 g/mol. The van der Waals surface area contributed by atoms with Gasteiger partial charge in [-0.1, -0.05) is 204 Å². The summed E-state index contributed by atoms with van der Waals surface area (Å²) in [7, 11) is 0. The first-order valence-electron chi connectivity index (χ1n) is 41.1. The molecule has 4 saturated heterocycles. The average molecular weight is 1310 g/mol. The van der Waals surface area contributed by atoms with E-state index < -0.39 is 0 Å². The van der Waals surface area contributed by atoms with E-state index in [1.807, 2.05) is 0 Å². The van der Waals surface area contributed by atoms with Crippen molar-refractivity contribution in [3.05, 3.63) is 177 Å². The number of Topliss-reactive ketones (excluding diaryl/α,β-unsaturated/α-hetero) is 1. The Bertz CT molecular complexity index is 3110. The summed E-state index contributed by atoms with van der Waals surface area (Å²) in [5, 5.41) is 3.49. The van der Waals surface area contributed by atoms with E-state index in [4.69, 9.17) is 0 Å². The van der Waals surface area contributed by atoms with Gasteiger partial charge in [-0.15, -0.1) is 0 Å². The van der Waals surface area contributed by atoms with E-state index in [1.54, 1.807) is 44.5 Å². The van der Waals surface area contributed by atoms with Crippen LogP contribution in [0.5, 0.6) is 0 Å². The van der Waals surface area contributed by atoms with Crippen LogP contribution in [-0.2, 0) is 63.5 Å². The summed E-state index contributed by atoms with van der Waals surface area (Å²) in [6.45, 7) is 12.7. The summed E-state index contributed by atoms with van der Waals surface area (Å²) in [6, 6.07) is 48.8. The van der Waals surface area contributed by atoms with Crippen LogP contribution in [0.4, 0.5) is 0 Å². The van der Waals surface area contributed by atoms with Crippen molar-refractivity contribution in [1.29, 1.82) is 0 Å². The summed E-state index contributed by atoms with van der Waals surface area (Å²) in [5.41, 5.74) is 16.8. The zero-order valence-electron chi connectivity index (χ0n) is 60.9. The molecule has 0 bridgehead atoms. The normalized spacial score (nSPS) is 24.1. The molecule has 0 aromatic heterocycles. The highest BCUT2D eigenvalue weighted by atomic mass is 16.1. The lowest BCUT2D eigenvalue weighted by Crippen LogP contribution is -2.48. The highest BCUT2D eigenvalue weighted by molar-refractivity contribution is 5.78. The molecule has 97 heavy (non-hydrogen) atoms. The Morgan fingerprint density at radius 3 is 1.14 bits per heavy atom. The lowest BCUT2D eigenvalue weighted by molar-refractivity contribution is -0.119. The molecule has 17 rings (SSSR count). The highest BCUT2D eigenvalue weighted by Gasteiger charge is 2.43. The van der Waals surface area contributed by atoms with Gasteiger partial charge in [-0.2, -0.15) is 0 Å². The Labute approximate surface area is 590 Å². The van der Waals surface area contributed by atoms with Gasteiger partial charge in [-0.3, -0.25) is 9.69 Å². The van der Waals surface area contributed by atoms with Gasteiger partial charge in [0, 0.05) is 37.9 Å². The molecule has 8 fully saturated rings. The highest BCUT2D eigenvalue weighted by Crippen LogP contribution is 2.49. The number of fused-ring (bicyclic) bond motifs is 8. The number of aldehydes is 1. The fraction of sp³-hybridized carbons (Fsp3) is 0.648. The van der Waals surface area contributed by atoms with Crippen LogP contribution in [0.3, 0.4) is 0 Å². The first-order chi connectivity index (χ1) is 47.8. The Kier molecular flexibility index (Phi) is 27.3. The van der Waals surface area contributed by atoms with Crippen LogP contribution in [0, 0.1) is 11.8 Å². The largest absolute Gasteiger partial charge is 0.317 e. The molecule has 0 amide bonds. The molecule has 5 aromatic carbocycles. The van der Waals surface area contributed by atoms with E-state index in [0.29, 0.717) is 33.4 Å². The van der Waals surface area contributed by atoms with Gasteiger partial charge in [-0.05, 0) is 310 Å². The van der Waals surface area contributed by atoms with Crippen LogP contribution in [0.1, 0.15) is 294 Å². The Balaban J connectivity index is 0.000000115. The number of ketones is 1. The molecule has 6 heteroatoms.